The molecule has 0 aliphatic carbocycles. The third-order valence-corrected chi connectivity index (χ3v) is 2.91. The number of hydrogen-bond acceptors (Lipinski definition) is 3. The molecule has 0 saturated carbocycles. The minimum atomic E-state index is -0.809. The summed E-state index contributed by atoms with van der Waals surface area (Å²) in [5, 5.41) is 11.4. The van der Waals surface area contributed by atoms with E-state index in [9.17, 15) is 9.59 Å². The molecule has 0 radical (unpaired) electrons. The van der Waals surface area contributed by atoms with E-state index >= 15 is 0 Å². The van der Waals surface area contributed by atoms with Gasteiger partial charge in [0.1, 0.15) is 0 Å². The molecule has 2 N–H and O–H groups in total. The van der Waals surface area contributed by atoms with Crippen molar-refractivity contribution in [2.45, 2.75) is 26.3 Å². The summed E-state index contributed by atoms with van der Waals surface area (Å²) in [6.45, 7) is 2.77. The zero-order valence-electron chi connectivity index (χ0n) is 11.9. The van der Waals surface area contributed by atoms with Gasteiger partial charge in [-0.3, -0.25) is 9.78 Å². The first kappa shape index (κ1) is 15.9. The van der Waals surface area contributed by atoms with Crippen LogP contribution in [0, 0.1) is 5.92 Å². The Balaban J connectivity index is 2.27. The van der Waals surface area contributed by atoms with Gasteiger partial charge >= 0.3 is 12.0 Å². The largest absolute Gasteiger partial charge is 0.481 e. The van der Waals surface area contributed by atoms with Crippen LogP contribution in [0.2, 0.25) is 0 Å². The third-order valence-electron chi connectivity index (χ3n) is 2.91. The Morgan fingerprint density at radius 1 is 1.45 bits per heavy atom. The Bertz CT molecular complexity index is 437. The molecular formula is C14H21N3O3. The van der Waals surface area contributed by atoms with E-state index in [1.165, 1.54) is 0 Å². The number of aromatic nitrogens is 1. The Labute approximate surface area is 118 Å². The number of amides is 2. The molecule has 1 atom stereocenters. The third kappa shape index (κ3) is 6.17. The molecule has 20 heavy (non-hydrogen) atoms. The Morgan fingerprint density at radius 3 is 2.80 bits per heavy atom. The van der Waals surface area contributed by atoms with Crippen molar-refractivity contribution in [3.8, 4) is 0 Å². The first-order valence-corrected chi connectivity index (χ1v) is 6.59. The smallest absolute Gasteiger partial charge is 0.317 e. The van der Waals surface area contributed by atoms with Gasteiger partial charge in [-0.15, -0.1) is 0 Å². The fourth-order valence-electron chi connectivity index (χ4n) is 1.77. The van der Waals surface area contributed by atoms with Gasteiger partial charge < -0.3 is 15.3 Å². The van der Waals surface area contributed by atoms with Gasteiger partial charge in [0.25, 0.3) is 0 Å². The molecule has 1 aromatic heterocycles. The number of carbonyl (C=O) groups is 2. The molecule has 0 saturated heterocycles. The standard InChI is InChI=1S/C14H21N3O3/c1-11(9-13(18)19)6-8-16-14(20)17(2)10-12-5-3-4-7-15-12/h3-5,7,11H,6,8-10H2,1-2H3,(H,16,20)(H,18,19)/t11-/m0/s1. The van der Waals surface area contributed by atoms with Crippen LogP contribution in [0.3, 0.4) is 0 Å². The van der Waals surface area contributed by atoms with Crippen LogP contribution in [0.15, 0.2) is 24.4 Å². The lowest BCUT2D eigenvalue weighted by Crippen LogP contribution is -2.37. The number of hydrogen-bond donors (Lipinski definition) is 2. The molecule has 110 valence electrons. The van der Waals surface area contributed by atoms with E-state index in [-0.39, 0.29) is 18.4 Å². The highest BCUT2D eigenvalue weighted by Crippen LogP contribution is 2.06. The maximum atomic E-state index is 11.8. The topological polar surface area (TPSA) is 82.5 Å². The minimum absolute atomic E-state index is 0.0499. The Hall–Kier alpha value is -2.11. The normalized spacial score (nSPS) is 11.7. The summed E-state index contributed by atoms with van der Waals surface area (Å²) in [5.74, 6) is -0.759. The number of pyridine rings is 1. The van der Waals surface area contributed by atoms with Gasteiger partial charge in [0.2, 0.25) is 0 Å². The number of aliphatic carboxylic acids is 1. The summed E-state index contributed by atoms with van der Waals surface area (Å²) in [5.41, 5.74) is 0.824. The summed E-state index contributed by atoms with van der Waals surface area (Å²) < 4.78 is 0. The average molecular weight is 279 g/mol. The summed E-state index contributed by atoms with van der Waals surface area (Å²) >= 11 is 0. The van der Waals surface area contributed by atoms with Gasteiger partial charge in [0, 0.05) is 26.2 Å². The van der Waals surface area contributed by atoms with E-state index in [2.05, 4.69) is 10.3 Å². The lowest BCUT2D eigenvalue weighted by atomic mass is 10.0. The molecule has 1 rings (SSSR count). The van der Waals surface area contributed by atoms with Crippen molar-refractivity contribution in [3.63, 3.8) is 0 Å². The van der Waals surface area contributed by atoms with E-state index in [0.29, 0.717) is 19.5 Å². The van der Waals surface area contributed by atoms with E-state index in [1.54, 1.807) is 18.1 Å². The number of carbonyl (C=O) groups excluding carboxylic acids is 1. The lowest BCUT2D eigenvalue weighted by Gasteiger charge is -2.18. The fourth-order valence-corrected chi connectivity index (χ4v) is 1.77. The number of nitrogens with zero attached hydrogens (tertiary/aromatic N) is 2. The summed E-state index contributed by atoms with van der Waals surface area (Å²) in [4.78, 5) is 28.0. The number of carboxylic acids is 1. The van der Waals surface area contributed by atoms with Crippen molar-refractivity contribution in [1.29, 1.82) is 0 Å². The monoisotopic (exact) mass is 279 g/mol. The SMILES string of the molecule is C[C@@H](CCNC(=O)N(C)Cc1ccccn1)CC(=O)O. The molecule has 0 aliphatic rings. The van der Waals surface area contributed by atoms with E-state index < -0.39 is 5.97 Å². The van der Waals surface area contributed by atoms with Crippen LogP contribution < -0.4 is 5.32 Å². The zero-order chi connectivity index (χ0) is 15.0. The van der Waals surface area contributed by atoms with Crippen molar-refractivity contribution in [2.24, 2.45) is 5.92 Å². The molecule has 2 amide bonds. The van der Waals surface area contributed by atoms with Crippen molar-refractivity contribution < 1.29 is 14.7 Å². The van der Waals surface area contributed by atoms with Gasteiger partial charge in [-0.2, -0.15) is 0 Å². The molecule has 0 unspecified atom stereocenters. The van der Waals surface area contributed by atoms with Gasteiger partial charge in [-0.1, -0.05) is 13.0 Å². The van der Waals surface area contributed by atoms with Gasteiger partial charge in [0.05, 0.1) is 12.2 Å². The first-order chi connectivity index (χ1) is 9.49. The predicted octanol–water partition coefficient (Wildman–Crippen LogP) is 1.72. The molecule has 0 fully saturated rings. The highest BCUT2D eigenvalue weighted by atomic mass is 16.4. The lowest BCUT2D eigenvalue weighted by molar-refractivity contribution is -0.138. The molecular weight excluding hydrogens is 258 g/mol. The summed E-state index contributed by atoms with van der Waals surface area (Å²) in [7, 11) is 1.70. The van der Waals surface area contributed by atoms with Crippen LogP contribution in [0.1, 0.15) is 25.5 Å². The van der Waals surface area contributed by atoms with Crippen molar-refractivity contribution in [1.82, 2.24) is 15.2 Å². The number of nitrogens with one attached hydrogen (secondary N) is 1. The van der Waals surface area contributed by atoms with Crippen LogP contribution in [0.4, 0.5) is 4.79 Å². The number of urea groups is 1. The predicted molar refractivity (Wildman–Crippen MR) is 75.1 cm³/mol. The second kappa shape index (κ2) is 8.14. The maximum Gasteiger partial charge on any atom is 0.317 e. The number of carboxylic acid groups (broad SMARTS) is 1. The number of rotatable bonds is 7. The Morgan fingerprint density at radius 2 is 2.20 bits per heavy atom. The Kier molecular flexibility index (Phi) is 6.49. The highest BCUT2D eigenvalue weighted by molar-refractivity contribution is 5.73. The molecule has 1 heterocycles. The minimum Gasteiger partial charge on any atom is -0.481 e. The molecule has 0 aliphatic heterocycles. The van der Waals surface area contributed by atoms with Crippen molar-refractivity contribution in [3.05, 3.63) is 30.1 Å². The van der Waals surface area contributed by atoms with Crippen LogP contribution >= 0.6 is 0 Å². The van der Waals surface area contributed by atoms with Crippen molar-refractivity contribution in [2.75, 3.05) is 13.6 Å². The zero-order valence-corrected chi connectivity index (χ0v) is 11.9. The van der Waals surface area contributed by atoms with Gasteiger partial charge in [-0.25, -0.2) is 4.79 Å². The van der Waals surface area contributed by atoms with Crippen LogP contribution in [0.5, 0.6) is 0 Å². The van der Waals surface area contributed by atoms with E-state index in [1.807, 2.05) is 25.1 Å². The fraction of sp³-hybridized carbons (Fsp3) is 0.500. The summed E-state index contributed by atoms with van der Waals surface area (Å²) in [6, 6.07) is 5.38. The van der Waals surface area contributed by atoms with Gasteiger partial charge in [0.15, 0.2) is 0 Å². The summed E-state index contributed by atoms with van der Waals surface area (Å²) in [6.07, 6.45) is 2.46. The maximum absolute atomic E-state index is 11.8. The molecule has 0 aromatic carbocycles. The van der Waals surface area contributed by atoms with E-state index in [4.69, 9.17) is 5.11 Å². The molecule has 0 spiro atoms. The molecule has 1 aromatic rings. The first-order valence-electron chi connectivity index (χ1n) is 6.59. The molecule has 6 heteroatoms. The average Bonchev–Trinajstić information content (AvgIpc) is 2.38. The van der Waals surface area contributed by atoms with Crippen LogP contribution in [-0.4, -0.2) is 40.6 Å². The van der Waals surface area contributed by atoms with Crippen LogP contribution in [0.25, 0.3) is 0 Å². The molecule has 0 bridgehead atoms. The second-order valence-electron chi connectivity index (χ2n) is 4.90. The van der Waals surface area contributed by atoms with Gasteiger partial charge in [-0.05, 0) is 24.5 Å². The van der Waals surface area contributed by atoms with Crippen LogP contribution in [-0.2, 0) is 11.3 Å². The molecule has 6 nitrogen and oxygen atoms in total. The quantitative estimate of drug-likeness (QED) is 0.796. The van der Waals surface area contributed by atoms with E-state index in [0.717, 1.165) is 5.69 Å². The second-order valence-corrected chi connectivity index (χ2v) is 4.90. The highest BCUT2D eigenvalue weighted by Gasteiger charge is 2.11. The van der Waals surface area contributed by atoms with Crippen molar-refractivity contribution >= 4 is 12.0 Å².